The molecule has 0 fully saturated rings. The van der Waals surface area contributed by atoms with Crippen LogP contribution in [-0.4, -0.2) is 29.2 Å². The van der Waals surface area contributed by atoms with E-state index in [2.05, 4.69) is 10.3 Å². The first-order chi connectivity index (χ1) is 14.4. The molecule has 0 aliphatic carbocycles. The fourth-order valence-electron chi connectivity index (χ4n) is 2.82. The molecule has 0 aliphatic heterocycles. The molecule has 0 spiro atoms. The number of nitrogens with zero attached hydrogens (tertiary/aromatic N) is 1. The molecule has 0 bridgehead atoms. The van der Waals surface area contributed by atoms with Gasteiger partial charge in [0.15, 0.2) is 6.61 Å². The SMILES string of the molecule is Cc1cc(C(C)NC(=O)c2ccc(OCC(C)(F)F)c(Cl)c2)cc(CC(=O)C(C)C)n1. The summed E-state index contributed by atoms with van der Waals surface area (Å²) in [6.07, 6.45) is 0.237. The maximum atomic E-state index is 13.0. The van der Waals surface area contributed by atoms with Gasteiger partial charge in [0.25, 0.3) is 11.8 Å². The lowest BCUT2D eigenvalue weighted by Gasteiger charge is -2.17. The lowest BCUT2D eigenvalue weighted by atomic mass is 10.0. The fourth-order valence-corrected chi connectivity index (χ4v) is 3.05. The van der Waals surface area contributed by atoms with Crippen LogP contribution in [0.3, 0.4) is 0 Å². The van der Waals surface area contributed by atoms with E-state index in [0.717, 1.165) is 18.2 Å². The molecule has 2 aromatic rings. The summed E-state index contributed by atoms with van der Waals surface area (Å²) < 4.78 is 30.9. The first kappa shape index (κ1) is 24.7. The normalized spacial score (nSPS) is 12.5. The van der Waals surface area contributed by atoms with Gasteiger partial charge in [0.1, 0.15) is 11.5 Å². The van der Waals surface area contributed by atoms with E-state index in [-0.39, 0.29) is 46.4 Å². The summed E-state index contributed by atoms with van der Waals surface area (Å²) in [6, 6.07) is 7.53. The Morgan fingerprint density at radius 2 is 1.87 bits per heavy atom. The lowest BCUT2D eigenvalue weighted by molar-refractivity contribution is -0.121. The molecule has 31 heavy (non-hydrogen) atoms. The number of nitrogens with one attached hydrogen (secondary N) is 1. The number of aromatic nitrogens is 1. The average molecular weight is 453 g/mol. The number of aryl methyl sites for hydroxylation is 1. The van der Waals surface area contributed by atoms with E-state index in [1.54, 1.807) is 0 Å². The van der Waals surface area contributed by atoms with E-state index in [9.17, 15) is 18.4 Å². The van der Waals surface area contributed by atoms with Crippen LogP contribution < -0.4 is 10.1 Å². The molecule has 168 valence electrons. The number of benzene rings is 1. The molecule has 1 amide bonds. The summed E-state index contributed by atoms with van der Waals surface area (Å²) >= 11 is 6.08. The number of carbonyl (C=O) groups excluding carboxylic acids is 2. The number of ether oxygens (including phenoxy) is 1. The van der Waals surface area contributed by atoms with Crippen molar-refractivity contribution in [3.8, 4) is 5.75 Å². The monoisotopic (exact) mass is 452 g/mol. The Morgan fingerprint density at radius 3 is 2.45 bits per heavy atom. The number of carbonyl (C=O) groups is 2. The number of hydrogen-bond acceptors (Lipinski definition) is 4. The molecule has 1 aromatic carbocycles. The van der Waals surface area contributed by atoms with Crippen molar-refractivity contribution in [1.29, 1.82) is 0 Å². The van der Waals surface area contributed by atoms with Gasteiger partial charge in [-0.3, -0.25) is 14.6 Å². The topological polar surface area (TPSA) is 68.3 Å². The Hall–Kier alpha value is -2.54. The number of halogens is 3. The molecule has 8 heteroatoms. The summed E-state index contributed by atoms with van der Waals surface area (Å²) in [5.74, 6) is -3.27. The van der Waals surface area contributed by atoms with Gasteiger partial charge in [-0.05, 0) is 49.7 Å². The molecule has 0 radical (unpaired) electrons. The quantitative estimate of drug-likeness (QED) is 0.558. The maximum absolute atomic E-state index is 13.0. The number of pyridine rings is 1. The Bertz CT molecular complexity index is 958. The standard InChI is InChI=1S/C23H27ClF2N2O3/c1-13(2)20(29)11-18-9-17(8-14(3)27-18)15(4)28-22(30)16-6-7-21(19(24)10-16)31-12-23(5,25)26/h6-10,13,15H,11-12H2,1-5H3,(H,28,30). The van der Waals surface area contributed by atoms with Crippen LogP contribution in [0.4, 0.5) is 8.78 Å². The molecule has 1 heterocycles. The van der Waals surface area contributed by atoms with Crippen molar-refractivity contribution in [3.63, 3.8) is 0 Å². The Morgan fingerprint density at radius 1 is 1.19 bits per heavy atom. The molecule has 1 aromatic heterocycles. The number of hydrogen-bond donors (Lipinski definition) is 1. The molecule has 0 saturated carbocycles. The summed E-state index contributed by atoms with van der Waals surface area (Å²) in [5, 5.41) is 2.94. The second-order valence-electron chi connectivity index (χ2n) is 8.03. The van der Waals surface area contributed by atoms with Gasteiger partial charge < -0.3 is 10.1 Å². The third-order valence-electron chi connectivity index (χ3n) is 4.55. The number of alkyl halides is 2. The Kier molecular flexibility index (Phi) is 8.12. The number of ketones is 1. The second-order valence-corrected chi connectivity index (χ2v) is 8.44. The van der Waals surface area contributed by atoms with Gasteiger partial charge in [-0.1, -0.05) is 25.4 Å². The zero-order chi connectivity index (χ0) is 23.3. The Balaban J connectivity index is 2.11. The molecular weight excluding hydrogens is 426 g/mol. The highest BCUT2D eigenvalue weighted by Gasteiger charge is 2.23. The van der Waals surface area contributed by atoms with Gasteiger partial charge in [0.05, 0.1) is 11.1 Å². The number of rotatable bonds is 9. The largest absolute Gasteiger partial charge is 0.486 e. The third-order valence-corrected chi connectivity index (χ3v) is 4.85. The summed E-state index contributed by atoms with van der Waals surface area (Å²) in [6.45, 7) is 7.28. The molecule has 5 nitrogen and oxygen atoms in total. The first-order valence-electron chi connectivity index (χ1n) is 9.97. The smallest absolute Gasteiger partial charge is 0.278 e. The predicted molar refractivity (Wildman–Crippen MR) is 116 cm³/mol. The zero-order valence-electron chi connectivity index (χ0n) is 18.3. The summed E-state index contributed by atoms with van der Waals surface area (Å²) in [4.78, 5) is 29.1. The van der Waals surface area contributed by atoms with Crippen molar-refractivity contribution in [3.05, 3.63) is 57.9 Å². The van der Waals surface area contributed by atoms with Crippen LogP contribution in [0.2, 0.25) is 5.02 Å². The van der Waals surface area contributed by atoms with Crippen LogP contribution in [0.25, 0.3) is 0 Å². The van der Waals surface area contributed by atoms with Crippen LogP contribution >= 0.6 is 11.6 Å². The van der Waals surface area contributed by atoms with Crippen LogP contribution in [0.5, 0.6) is 5.75 Å². The van der Waals surface area contributed by atoms with Crippen LogP contribution in [0.1, 0.15) is 61.0 Å². The van der Waals surface area contributed by atoms with Crippen molar-refractivity contribution in [2.24, 2.45) is 5.92 Å². The van der Waals surface area contributed by atoms with Gasteiger partial charge in [0.2, 0.25) is 0 Å². The van der Waals surface area contributed by atoms with Crippen molar-refractivity contribution in [2.75, 3.05) is 6.61 Å². The van der Waals surface area contributed by atoms with E-state index < -0.39 is 12.5 Å². The van der Waals surface area contributed by atoms with Crippen molar-refractivity contribution in [2.45, 2.75) is 53.0 Å². The van der Waals surface area contributed by atoms with E-state index in [1.807, 2.05) is 39.8 Å². The molecule has 0 saturated heterocycles. The molecular formula is C23H27ClF2N2O3. The maximum Gasteiger partial charge on any atom is 0.278 e. The highest BCUT2D eigenvalue weighted by atomic mass is 35.5. The molecule has 2 rings (SSSR count). The summed E-state index contributed by atoms with van der Waals surface area (Å²) in [5.41, 5.74) is 2.51. The van der Waals surface area contributed by atoms with Gasteiger partial charge in [-0.25, -0.2) is 8.78 Å². The summed E-state index contributed by atoms with van der Waals surface area (Å²) in [7, 11) is 0. The van der Waals surface area contributed by atoms with E-state index in [4.69, 9.17) is 16.3 Å². The van der Waals surface area contributed by atoms with Crippen molar-refractivity contribution in [1.82, 2.24) is 10.3 Å². The highest BCUT2D eigenvalue weighted by Crippen LogP contribution is 2.27. The average Bonchev–Trinajstić information content (AvgIpc) is 2.65. The zero-order valence-corrected chi connectivity index (χ0v) is 19.0. The molecule has 1 atom stereocenters. The highest BCUT2D eigenvalue weighted by molar-refractivity contribution is 6.32. The van der Waals surface area contributed by atoms with Crippen molar-refractivity contribution < 1.29 is 23.1 Å². The van der Waals surface area contributed by atoms with E-state index in [1.165, 1.54) is 18.2 Å². The van der Waals surface area contributed by atoms with Crippen LogP contribution in [0.15, 0.2) is 30.3 Å². The number of amides is 1. The minimum absolute atomic E-state index is 0.0683. The molecule has 0 aliphatic rings. The minimum atomic E-state index is -2.99. The first-order valence-corrected chi connectivity index (χ1v) is 10.3. The van der Waals surface area contributed by atoms with Crippen LogP contribution in [0, 0.1) is 12.8 Å². The van der Waals surface area contributed by atoms with Crippen LogP contribution in [-0.2, 0) is 11.2 Å². The molecule has 1 unspecified atom stereocenters. The van der Waals surface area contributed by atoms with Crippen molar-refractivity contribution >= 4 is 23.3 Å². The molecule has 1 N–H and O–H groups in total. The predicted octanol–water partition coefficient (Wildman–Crippen LogP) is 5.34. The number of Topliss-reactive ketones (excluding diaryl/α,β-unsaturated/α-hetero) is 1. The van der Waals surface area contributed by atoms with E-state index >= 15 is 0 Å². The van der Waals surface area contributed by atoms with Gasteiger partial charge >= 0.3 is 0 Å². The van der Waals surface area contributed by atoms with Gasteiger partial charge in [0, 0.05) is 36.2 Å². The fraction of sp³-hybridized carbons (Fsp3) is 0.435. The lowest BCUT2D eigenvalue weighted by Crippen LogP contribution is -2.27. The van der Waals surface area contributed by atoms with Gasteiger partial charge in [-0.15, -0.1) is 0 Å². The van der Waals surface area contributed by atoms with Gasteiger partial charge in [-0.2, -0.15) is 0 Å². The Labute approximate surface area is 186 Å². The second kappa shape index (κ2) is 10.2. The third kappa shape index (κ3) is 7.58. The minimum Gasteiger partial charge on any atom is -0.486 e. The van der Waals surface area contributed by atoms with E-state index in [0.29, 0.717) is 5.69 Å².